The van der Waals surface area contributed by atoms with E-state index in [-0.39, 0.29) is 47.0 Å². The first-order valence-electron chi connectivity index (χ1n) is 13.1. The molecular formula is C27H44INO2. The summed E-state index contributed by atoms with van der Waals surface area (Å²) in [6, 6.07) is 1.46. The van der Waals surface area contributed by atoms with E-state index in [0.717, 1.165) is 49.5 Å². The van der Waals surface area contributed by atoms with Gasteiger partial charge in [0, 0.05) is 24.0 Å². The van der Waals surface area contributed by atoms with E-state index >= 15 is 0 Å². The third-order valence-electron chi connectivity index (χ3n) is 11.8. The Morgan fingerprint density at radius 3 is 2.55 bits per heavy atom. The number of piperidine rings is 1. The van der Waals surface area contributed by atoms with Gasteiger partial charge < -0.3 is 10.2 Å². The summed E-state index contributed by atoms with van der Waals surface area (Å²) in [6.07, 6.45) is 11.4. The monoisotopic (exact) mass is 541 g/mol. The first-order chi connectivity index (χ1) is 14.2. The van der Waals surface area contributed by atoms with E-state index in [1.165, 1.54) is 37.8 Å². The van der Waals surface area contributed by atoms with Crippen molar-refractivity contribution in [2.24, 2.45) is 46.3 Å². The molecule has 0 aromatic rings. The minimum Gasteiger partial charge on any atom is -0.393 e. The number of hydrogen-bond acceptors (Lipinski definition) is 3. The molecule has 0 amide bonds. The van der Waals surface area contributed by atoms with Crippen molar-refractivity contribution < 1.29 is 10.2 Å². The molecule has 2 saturated heterocycles. The quantitative estimate of drug-likeness (QED) is 0.326. The number of hydrogen-bond donors (Lipinski definition) is 2. The Bertz CT molecular complexity index is 756. The topological polar surface area (TPSA) is 43.7 Å². The van der Waals surface area contributed by atoms with Crippen LogP contribution < -0.4 is 0 Å². The highest BCUT2D eigenvalue weighted by Crippen LogP contribution is 2.69. The van der Waals surface area contributed by atoms with E-state index in [1.54, 1.807) is 0 Å². The van der Waals surface area contributed by atoms with E-state index in [2.05, 4.69) is 38.7 Å². The third-order valence-corrected chi connectivity index (χ3v) is 11.8. The van der Waals surface area contributed by atoms with Gasteiger partial charge in [-0.3, -0.25) is 4.90 Å². The van der Waals surface area contributed by atoms with Crippen LogP contribution in [0.3, 0.4) is 0 Å². The predicted molar refractivity (Wildman–Crippen MR) is 135 cm³/mol. The molecule has 176 valence electrons. The maximum Gasteiger partial charge on any atom is 0.0603 e. The van der Waals surface area contributed by atoms with E-state index in [0.29, 0.717) is 23.8 Å². The molecule has 5 fully saturated rings. The van der Waals surface area contributed by atoms with Crippen LogP contribution in [-0.2, 0) is 0 Å². The molecule has 0 aromatic heterocycles. The highest BCUT2D eigenvalue weighted by atomic mass is 127. The van der Waals surface area contributed by atoms with Crippen molar-refractivity contribution in [3.05, 3.63) is 11.6 Å². The summed E-state index contributed by atoms with van der Waals surface area (Å²) in [5, 5.41) is 22.1. The normalized spacial score (nSPS) is 58.2. The second-order valence-corrected chi connectivity index (χ2v) is 12.9. The van der Waals surface area contributed by atoms with E-state index in [9.17, 15) is 10.2 Å². The average Bonchev–Trinajstić information content (AvgIpc) is 3.17. The van der Waals surface area contributed by atoms with Crippen molar-refractivity contribution in [2.45, 2.75) is 103 Å². The number of halogens is 1. The second-order valence-electron chi connectivity index (χ2n) is 12.9. The summed E-state index contributed by atoms with van der Waals surface area (Å²) in [6.45, 7) is 11.2. The maximum atomic E-state index is 11.8. The molecular weight excluding hydrogens is 497 g/mol. The lowest BCUT2D eigenvalue weighted by Crippen LogP contribution is -2.57. The van der Waals surface area contributed by atoms with Gasteiger partial charge in [0.15, 0.2) is 0 Å². The van der Waals surface area contributed by atoms with Gasteiger partial charge in [-0.15, -0.1) is 24.0 Å². The van der Waals surface area contributed by atoms with Crippen LogP contribution in [0.25, 0.3) is 0 Å². The van der Waals surface area contributed by atoms with Crippen LogP contribution in [0.5, 0.6) is 0 Å². The molecule has 0 aromatic carbocycles. The maximum absolute atomic E-state index is 11.8. The third kappa shape index (κ3) is 2.99. The van der Waals surface area contributed by atoms with Gasteiger partial charge in [-0.25, -0.2) is 0 Å². The molecule has 2 N–H and O–H groups in total. The molecule has 4 heteroatoms. The van der Waals surface area contributed by atoms with Crippen LogP contribution in [0.4, 0.5) is 0 Å². The van der Waals surface area contributed by atoms with Crippen LogP contribution in [0.15, 0.2) is 11.6 Å². The number of aliphatic hydroxyl groups excluding tert-OH is 2. The highest BCUT2D eigenvalue weighted by Gasteiger charge is 2.69. The van der Waals surface area contributed by atoms with Crippen LogP contribution >= 0.6 is 24.0 Å². The minimum atomic E-state index is -0.164. The van der Waals surface area contributed by atoms with Crippen LogP contribution in [0, 0.1) is 46.3 Å². The molecule has 0 spiro atoms. The summed E-state index contributed by atoms with van der Waals surface area (Å²) in [7, 11) is 0. The van der Waals surface area contributed by atoms with Gasteiger partial charge in [-0.2, -0.15) is 0 Å². The van der Waals surface area contributed by atoms with Crippen molar-refractivity contribution in [1.29, 1.82) is 0 Å². The molecule has 6 rings (SSSR count). The van der Waals surface area contributed by atoms with Crippen LogP contribution in [-0.4, -0.2) is 45.9 Å². The van der Waals surface area contributed by atoms with E-state index in [1.807, 2.05) is 0 Å². The van der Waals surface area contributed by atoms with Crippen molar-refractivity contribution in [3.8, 4) is 0 Å². The first kappa shape index (κ1) is 23.1. The minimum absolute atomic E-state index is 0. The molecule has 2 aliphatic heterocycles. The van der Waals surface area contributed by atoms with Gasteiger partial charge in [-0.05, 0) is 92.3 Å². The first-order valence-corrected chi connectivity index (χ1v) is 13.1. The number of aliphatic hydroxyl groups is 2. The Morgan fingerprint density at radius 1 is 1.00 bits per heavy atom. The van der Waals surface area contributed by atoms with Gasteiger partial charge in [-0.1, -0.05) is 39.3 Å². The molecule has 0 bridgehead atoms. The summed E-state index contributed by atoms with van der Waals surface area (Å²) >= 11 is 0. The zero-order valence-corrected chi connectivity index (χ0v) is 22.3. The van der Waals surface area contributed by atoms with Gasteiger partial charge >= 0.3 is 0 Å². The Hall–Kier alpha value is 0.350. The molecule has 12 unspecified atom stereocenters. The van der Waals surface area contributed by atoms with Gasteiger partial charge in [0.1, 0.15) is 0 Å². The molecule has 4 aliphatic carbocycles. The van der Waals surface area contributed by atoms with E-state index in [4.69, 9.17) is 0 Å². The zero-order chi connectivity index (χ0) is 21.0. The van der Waals surface area contributed by atoms with Gasteiger partial charge in [0.25, 0.3) is 0 Å². The molecule has 3 nitrogen and oxygen atoms in total. The summed E-state index contributed by atoms with van der Waals surface area (Å²) in [5.74, 6) is 4.19. The number of fused-ring (bicyclic) bond motifs is 9. The van der Waals surface area contributed by atoms with Crippen molar-refractivity contribution >= 4 is 24.0 Å². The Labute approximate surface area is 206 Å². The SMILES string of the molecule is CC1CCC2C(C)C3C(CC4C5CC=C6CC(O)CCC6(C)C5CC(O)C43C)N2C1.I. The molecule has 31 heavy (non-hydrogen) atoms. The Morgan fingerprint density at radius 2 is 1.77 bits per heavy atom. The van der Waals surface area contributed by atoms with Gasteiger partial charge in [0.05, 0.1) is 12.2 Å². The van der Waals surface area contributed by atoms with Crippen molar-refractivity contribution in [3.63, 3.8) is 0 Å². The Kier molecular flexibility index (Phi) is 5.72. The second kappa shape index (κ2) is 7.68. The van der Waals surface area contributed by atoms with Crippen LogP contribution in [0.1, 0.15) is 79.1 Å². The molecule has 2 heterocycles. The fourth-order valence-electron chi connectivity index (χ4n) is 10.3. The summed E-state index contributed by atoms with van der Waals surface area (Å²) in [5.41, 5.74) is 1.80. The predicted octanol–water partition coefficient (Wildman–Crippen LogP) is 5.24. The average molecular weight is 542 g/mol. The van der Waals surface area contributed by atoms with Crippen molar-refractivity contribution in [2.75, 3.05) is 6.54 Å². The number of allylic oxidation sites excluding steroid dienone is 1. The Balaban J connectivity index is 0.00000204. The van der Waals surface area contributed by atoms with E-state index < -0.39 is 0 Å². The number of rotatable bonds is 0. The summed E-state index contributed by atoms with van der Waals surface area (Å²) < 4.78 is 0. The lowest BCUT2D eigenvalue weighted by molar-refractivity contribution is -0.135. The fourth-order valence-corrected chi connectivity index (χ4v) is 10.3. The van der Waals surface area contributed by atoms with Crippen molar-refractivity contribution in [1.82, 2.24) is 4.90 Å². The molecule has 6 aliphatic rings. The highest BCUT2D eigenvalue weighted by molar-refractivity contribution is 14.0. The zero-order valence-electron chi connectivity index (χ0n) is 20.0. The summed E-state index contributed by atoms with van der Waals surface area (Å²) in [4.78, 5) is 2.91. The fraction of sp³-hybridized carbons (Fsp3) is 0.926. The lowest BCUT2D eigenvalue weighted by atomic mass is 9.46. The molecule has 0 radical (unpaired) electrons. The lowest BCUT2D eigenvalue weighted by Gasteiger charge is -2.60. The van der Waals surface area contributed by atoms with Crippen LogP contribution in [0.2, 0.25) is 0 Å². The largest absolute Gasteiger partial charge is 0.393 e. The number of nitrogens with zero attached hydrogens (tertiary/aromatic N) is 1. The molecule has 12 atom stereocenters. The van der Waals surface area contributed by atoms with Gasteiger partial charge in [0.2, 0.25) is 0 Å². The smallest absolute Gasteiger partial charge is 0.0603 e. The standard InChI is InChI=1S/C27H43NO2.HI/c1-15-5-8-22-16(2)25-23(28(22)14-15)12-21-19-7-6-17-11-18(29)9-10-26(17,3)20(19)13-24(30)27(21,25)4;/h6,15-16,18-25,29-30H,5,7-14H2,1-4H3;1H. The molecule has 3 saturated carbocycles.